The van der Waals surface area contributed by atoms with E-state index in [2.05, 4.69) is 15.9 Å². The highest BCUT2D eigenvalue weighted by Gasteiger charge is 2.29. The Morgan fingerprint density at radius 3 is 2.86 bits per heavy atom. The lowest BCUT2D eigenvalue weighted by Crippen LogP contribution is -2.20. The summed E-state index contributed by atoms with van der Waals surface area (Å²) in [5, 5.41) is 0.586. The van der Waals surface area contributed by atoms with E-state index in [9.17, 15) is 4.79 Å². The number of Topliss-reactive ketones (excluding diaryl/α,β-unsaturated/α-hetero) is 1. The monoisotopic (exact) mass is 366 g/mol. The van der Waals surface area contributed by atoms with Crippen molar-refractivity contribution in [2.45, 2.75) is 12.5 Å². The fraction of sp³-hybridized carbons (Fsp3) is 0.188. The molecule has 2 aromatic rings. The molecule has 0 amide bonds. The first-order valence-electron chi connectivity index (χ1n) is 6.41. The van der Waals surface area contributed by atoms with Crippen molar-refractivity contribution in [2.24, 2.45) is 0 Å². The molecule has 0 radical (unpaired) electrons. The molecule has 0 aromatic heterocycles. The Bertz CT molecular complexity index is 715. The van der Waals surface area contributed by atoms with Crippen molar-refractivity contribution >= 4 is 33.3 Å². The van der Waals surface area contributed by atoms with E-state index in [1.807, 2.05) is 12.1 Å². The zero-order chi connectivity index (χ0) is 15.0. The molecule has 0 spiro atoms. The standard InChI is InChI=1S/C16H12BrClO3/c1-20-10-3-4-11-14(19)8-16(21-15(11)7-10)12-6-9(17)2-5-13(12)18/h2-7,16H,8H2,1H3. The van der Waals surface area contributed by atoms with Gasteiger partial charge in [-0.2, -0.15) is 0 Å². The molecule has 0 aliphatic carbocycles. The number of rotatable bonds is 2. The first-order valence-corrected chi connectivity index (χ1v) is 7.58. The van der Waals surface area contributed by atoms with Gasteiger partial charge in [-0.25, -0.2) is 0 Å². The van der Waals surface area contributed by atoms with Crippen molar-refractivity contribution in [3.8, 4) is 11.5 Å². The van der Waals surface area contributed by atoms with E-state index in [4.69, 9.17) is 21.1 Å². The van der Waals surface area contributed by atoms with Crippen LogP contribution in [-0.2, 0) is 0 Å². The van der Waals surface area contributed by atoms with Gasteiger partial charge >= 0.3 is 0 Å². The van der Waals surface area contributed by atoms with Gasteiger partial charge in [0.05, 0.1) is 19.1 Å². The summed E-state index contributed by atoms with van der Waals surface area (Å²) in [5.74, 6) is 1.23. The topological polar surface area (TPSA) is 35.5 Å². The van der Waals surface area contributed by atoms with E-state index in [0.717, 1.165) is 10.0 Å². The molecule has 0 saturated heterocycles. The predicted octanol–water partition coefficient (Wildman–Crippen LogP) is 4.82. The van der Waals surface area contributed by atoms with Gasteiger partial charge in [-0.1, -0.05) is 27.5 Å². The van der Waals surface area contributed by atoms with Gasteiger partial charge in [0.25, 0.3) is 0 Å². The Hall–Kier alpha value is -1.52. The first-order chi connectivity index (χ1) is 10.1. The number of benzene rings is 2. The summed E-state index contributed by atoms with van der Waals surface area (Å²) in [6.45, 7) is 0. The Balaban J connectivity index is 2.01. The Kier molecular flexibility index (Phi) is 3.91. The fourth-order valence-electron chi connectivity index (χ4n) is 2.37. The van der Waals surface area contributed by atoms with Crippen molar-refractivity contribution in [3.63, 3.8) is 0 Å². The molecule has 0 fully saturated rings. The number of ketones is 1. The third-order valence-electron chi connectivity index (χ3n) is 3.43. The molecule has 21 heavy (non-hydrogen) atoms. The number of halogens is 2. The third-order valence-corrected chi connectivity index (χ3v) is 4.27. The van der Waals surface area contributed by atoms with Crippen LogP contribution < -0.4 is 9.47 Å². The number of fused-ring (bicyclic) bond motifs is 1. The zero-order valence-electron chi connectivity index (χ0n) is 11.2. The van der Waals surface area contributed by atoms with Gasteiger partial charge in [-0.15, -0.1) is 0 Å². The Labute approximate surface area is 136 Å². The quantitative estimate of drug-likeness (QED) is 0.763. The van der Waals surface area contributed by atoms with E-state index < -0.39 is 0 Å². The fourth-order valence-corrected chi connectivity index (χ4v) is 2.98. The molecule has 0 bridgehead atoms. The van der Waals surface area contributed by atoms with E-state index in [1.165, 1.54) is 0 Å². The first kappa shape index (κ1) is 14.4. The molecular weight excluding hydrogens is 356 g/mol. The molecule has 0 N–H and O–H groups in total. The molecule has 1 atom stereocenters. The number of hydrogen-bond acceptors (Lipinski definition) is 3. The van der Waals surface area contributed by atoms with E-state index >= 15 is 0 Å². The maximum Gasteiger partial charge on any atom is 0.170 e. The van der Waals surface area contributed by atoms with Crippen LogP contribution in [0.15, 0.2) is 40.9 Å². The summed E-state index contributed by atoms with van der Waals surface area (Å²) in [5.41, 5.74) is 1.38. The maximum atomic E-state index is 12.3. The third kappa shape index (κ3) is 2.78. The summed E-state index contributed by atoms with van der Waals surface area (Å²) < 4.78 is 12.0. The van der Waals surface area contributed by atoms with Crippen LogP contribution in [0.4, 0.5) is 0 Å². The number of carbonyl (C=O) groups excluding carboxylic acids is 1. The van der Waals surface area contributed by atoms with Crippen molar-refractivity contribution in [1.82, 2.24) is 0 Å². The van der Waals surface area contributed by atoms with Crippen LogP contribution in [0, 0.1) is 0 Å². The number of ether oxygens (including phenoxy) is 2. The van der Waals surface area contributed by atoms with Crippen molar-refractivity contribution in [3.05, 3.63) is 57.0 Å². The minimum Gasteiger partial charge on any atom is -0.497 e. The molecule has 0 saturated carbocycles. The van der Waals surface area contributed by atoms with Crippen LogP contribution in [0.1, 0.15) is 28.4 Å². The highest BCUT2D eigenvalue weighted by molar-refractivity contribution is 9.10. The molecule has 3 rings (SSSR count). The van der Waals surface area contributed by atoms with Gasteiger partial charge in [0.1, 0.15) is 17.6 Å². The molecule has 1 aliphatic rings. The molecule has 2 aromatic carbocycles. The van der Waals surface area contributed by atoms with Gasteiger partial charge in [-0.3, -0.25) is 4.79 Å². The molecule has 5 heteroatoms. The predicted molar refractivity (Wildman–Crippen MR) is 84.5 cm³/mol. The van der Waals surface area contributed by atoms with Crippen LogP contribution >= 0.6 is 27.5 Å². The van der Waals surface area contributed by atoms with Crippen LogP contribution in [0.25, 0.3) is 0 Å². The van der Waals surface area contributed by atoms with Gasteiger partial charge < -0.3 is 9.47 Å². The van der Waals surface area contributed by atoms with Crippen LogP contribution in [0.2, 0.25) is 5.02 Å². The van der Waals surface area contributed by atoms with E-state index in [1.54, 1.807) is 31.4 Å². The molecule has 108 valence electrons. The van der Waals surface area contributed by atoms with Crippen molar-refractivity contribution in [2.75, 3.05) is 7.11 Å². The SMILES string of the molecule is COc1ccc2c(c1)OC(c1cc(Br)ccc1Cl)CC2=O. The number of methoxy groups -OCH3 is 1. The minimum absolute atomic E-state index is 0.0416. The molecular formula is C16H12BrClO3. The largest absolute Gasteiger partial charge is 0.497 e. The second-order valence-electron chi connectivity index (χ2n) is 4.76. The average Bonchev–Trinajstić information content (AvgIpc) is 2.49. The smallest absolute Gasteiger partial charge is 0.170 e. The summed E-state index contributed by atoms with van der Waals surface area (Å²) in [7, 11) is 1.58. The molecule has 1 aliphatic heterocycles. The van der Waals surface area contributed by atoms with Crippen LogP contribution in [0.5, 0.6) is 11.5 Å². The van der Waals surface area contributed by atoms with E-state index in [-0.39, 0.29) is 18.3 Å². The Morgan fingerprint density at radius 1 is 1.29 bits per heavy atom. The molecule has 1 unspecified atom stereocenters. The summed E-state index contributed by atoms with van der Waals surface area (Å²) in [6, 6.07) is 10.7. The second-order valence-corrected chi connectivity index (χ2v) is 6.08. The highest BCUT2D eigenvalue weighted by Crippen LogP contribution is 2.39. The summed E-state index contributed by atoms with van der Waals surface area (Å²) in [6.07, 6.45) is -0.114. The van der Waals surface area contributed by atoms with Gasteiger partial charge in [0.2, 0.25) is 0 Å². The summed E-state index contributed by atoms with van der Waals surface area (Å²) in [4.78, 5) is 12.3. The minimum atomic E-state index is -0.387. The maximum absolute atomic E-state index is 12.3. The van der Waals surface area contributed by atoms with Gasteiger partial charge in [-0.05, 0) is 30.3 Å². The van der Waals surface area contributed by atoms with Gasteiger partial charge in [0, 0.05) is 21.1 Å². The lowest BCUT2D eigenvalue weighted by atomic mass is 9.96. The number of hydrogen-bond donors (Lipinski definition) is 0. The Morgan fingerprint density at radius 2 is 2.10 bits per heavy atom. The highest BCUT2D eigenvalue weighted by atomic mass is 79.9. The lowest BCUT2D eigenvalue weighted by molar-refractivity contribution is 0.0849. The summed E-state index contributed by atoms with van der Waals surface area (Å²) >= 11 is 9.64. The normalized spacial score (nSPS) is 17.1. The number of carbonyl (C=O) groups is 1. The van der Waals surface area contributed by atoms with E-state index in [0.29, 0.717) is 22.1 Å². The van der Waals surface area contributed by atoms with Crippen molar-refractivity contribution < 1.29 is 14.3 Å². The second kappa shape index (κ2) is 5.70. The molecule has 1 heterocycles. The van der Waals surface area contributed by atoms with Crippen LogP contribution in [0.3, 0.4) is 0 Å². The van der Waals surface area contributed by atoms with Crippen molar-refractivity contribution in [1.29, 1.82) is 0 Å². The van der Waals surface area contributed by atoms with Crippen LogP contribution in [-0.4, -0.2) is 12.9 Å². The zero-order valence-corrected chi connectivity index (χ0v) is 13.6. The average molecular weight is 368 g/mol. The van der Waals surface area contributed by atoms with Gasteiger partial charge in [0.15, 0.2) is 5.78 Å². The lowest BCUT2D eigenvalue weighted by Gasteiger charge is -2.26. The molecule has 3 nitrogen and oxygen atoms in total.